The van der Waals surface area contributed by atoms with Crippen molar-refractivity contribution < 1.29 is 23.5 Å². The molecule has 1 heterocycles. The van der Waals surface area contributed by atoms with Crippen LogP contribution in [-0.4, -0.2) is 22.0 Å². The quantitative estimate of drug-likeness (QED) is 0.798. The van der Waals surface area contributed by atoms with E-state index in [1.807, 2.05) is 0 Å². The predicted octanol–water partition coefficient (Wildman–Crippen LogP) is 1.83. The Kier molecular flexibility index (Phi) is 4.24. The maximum atomic E-state index is 13.6. The molecule has 0 unspecified atom stereocenters. The van der Waals surface area contributed by atoms with Gasteiger partial charge in [0.25, 0.3) is 5.91 Å². The van der Waals surface area contributed by atoms with Gasteiger partial charge >= 0.3 is 5.97 Å². The summed E-state index contributed by atoms with van der Waals surface area (Å²) >= 11 is 1.16. The number of hydrogen-bond donors (Lipinski definition) is 3. The van der Waals surface area contributed by atoms with Gasteiger partial charge in [0.05, 0.1) is 11.3 Å². The van der Waals surface area contributed by atoms with Gasteiger partial charge in [0.15, 0.2) is 0 Å². The molecule has 0 bridgehead atoms. The average Bonchev–Trinajstić information content (AvgIpc) is 2.90. The zero-order valence-electron chi connectivity index (χ0n) is 10.4. The molecule has 21 heavy (non-hydrogen) atoms. The lowest BCUT2D eigenvalue weighted by Crippen LogP contribution is -2.15. The van der Waals surface area contributed by atoms with Gasteiger partial charge in [-0.1, -0.05) is 0 Å². The summed E-state index contributed by atoms with van der Waals surface area (Å²) in [5, 5.41) is 12.9. The third-order valence-electron chi connectivity index (χ3n) is 2.49. The number of carboxylic acids is 1. The number of rotatable bonds is 4. The van der Waals surface area contributed by atoms with Crippen molar-refractivity contribution in [1.29, 1.82) is 0 Å². The molecule has 0 saturated carbocycles. The molecule has 0 aliphatic carbocycles. The lowest BCUT2D eigenvalue weighted by molar-refractivity contribution is 0.0691. The Balaban J connectivity index is 2.28. The van der Waals surface area contributed by atoms with E-state index < -0.39 is 34.8 Å². The first-order valence-electron chi connectivity index (χ1n) is 5.60. The number of benzene rings is 1. The molecule has 0 radical (unpaired) electrons. The summed E-state index contributed by atoms with van der Waals surface area (Å²) in [6.07, 6.45) is 0. The lowest BCUT2D eigenvalue weighted by atomic mass is 10.1. The molecule has 0 fully saturated rings. The summed E-state index contributed by atoms with van der Waals surface area (Å²) in [5.74, 6) is -4.62. The number of anilines is 1. The van der Waals surface area contributed by atoms with Crippen LogP contribution in [0, 0.1) is 11.6 Å². The maximum absolute atomic E-state index is 13.6. The van der Waals surface area contributed by atoms with Crippen LogP contribution in [-0.2, 0) is 6.54 Å². The van der Waals surface area contributed by atoms with E-state index in [-0.39, 0.29) is 12.2 Å². The molecule has 9 heteroatoms. The zero-order chi connectivity index (χ0) is 15.6. The third-order valence-corrected chi connectivity index (χ3v) is 3.37. The van der Waals surface area contributed by atoms with E-state index >= 15 is 0 Å². The Morgan fingerprint density at radius 3 is 2.62 bits per heavy atom. The SMILES string of the molecule is NCc1nc(C(=O)Nc2cc(C(=O)O)c(F)cc2F)cs1. The third kappa shape index (κ3) is 3.20. The number of carbonyl (C=O) groups is 2. The van der Waals surface area contributed by atoms with Crippen molar-refractivity contribution in [3.05, 3.63) is 45.4 Å². The summed E-state index contributed by atoms with van der Waals surface area (Å²) in [4.78, 5) is 26.5. The molecular formula is C12H9F2N3O3S. The predicted molar refractivity (Wildman–Crippen MR) is 71.3 cm³/mol. The fourth-order valence-electron chi connectivity index (χ4n) is 1.50. The monoisotopic (exact) mass is 313 g/mol. The summed E-state index contributed by atoms with van der Waals surface area (Å²) in [6, 6.07) is 1.10. The number of aromatic carboxylic acids is 1. The van der Waals surface area contributed by atoms with Crippen molar-refractivity contribution in [3.63, 3.8) is 0 Å². The van der Waals surface area contributed by atoms with Gasteiger partial charge in [0.1, 0.15) is 22.3 Å². The maximum Gasteiger partial charge on any atom is 0.338 e. The molecule has 0 aliphatic heterocycles. The largest absolute Gasteiger partial charge is 0.478 e. The molecule has 4 N–H and O–H groups in total. The van der Waals surface area contributed by atoms with Crippen molar-refractivity contribution in [3.8, 4) is 0 Å². The van der Waals surface area contributed by atoms with Gasteiger partial charge in [-0.15, -0.1) is 11.3 Å². The molecule has 2 aromatic rings. The Morgan fingerprint density at radius 2 is 2.05 bits per heavy atom. The molecule has 1 amide bonds. The summed E-state index contributed by atoms with van der Waals surface area (Å²) in [5.41, 5.74) is 4.19. The molecule has 0 spiro atoms. The molecule has 0 saturated heterocycles. The first kappa shape index (κ1) is 15.0. The van der Waals surface area contributed by atoms with E-state index in [0.717, 1.165) is 11.3 Å². The zero-order valence-corrected chi connectivity index (χ0v) is 11.2. The highest BCUT2D eigenvalue weighted by Crippen LogP contribution is 2.21. The molecule has 0 atom stereocenters. The molecule has 1 aromatic heterocycles. The minimum Gasteiger partial charge on any atom is -0.478 e. The van der Waals surface area contributed by atoms with Crippen molar-refractivity contribution in [1.82, 2.24) is 4.98 Å². The van der Waals surface area contributed by atoms with Crippen molar-refractivity contribution in [2.45, 2.75) is 6.54 Å². The van der Waals surface area contributed by atoms with E-state index in [1.54, 1.807) is 0 Å². The van der Waals surface area contributed by atoms with Gasteiger partial charge in [-0.05, 0) is 6.07 Å². The van der Waals surface area contributed by atoms with Crippen LogP contribution in [0.1, 0.15) is 25.9 Å². The Morgan fingerprint density at radius 1 is 1.33 bits per heavy atom. The Hall–Kier alpha value is -2.39. The molecule has 2 rings (SSSR count). The topological polar surface area (TPSA) is 105 Å². The van der Waals surface area contributed by atoms with Crippen LogP contribution in [0.5, 0.6) is 0 Å². The van der Waals surface area contributed by atoms with Crippen LogP contribution < -0.4 is 11.1 Å². The summed E-state index contributed by atoms with van der Waals surface area (Å²) in [6.45, 7) is 0.159. The van der Waals surface area contributed by atoms with Gasteiger partial charge in [-0.25, -0.2) is 18.6 Å². The van der Waals surface area contributed by atoms with Crippen molar-refractivity contribution in [2.24, 2.45) is 5.73 Å². The number of halogens is 2. The number of carboxylic acid groups (broad SMARTS) is 1. The number of nitrogens with zero attached hydrogens (tertiary/aromatic N) is 1. The highest BCUT2D eigenvalue weighted by atomic mass is 32.1. The number of thiazole rings is 1. The van der Waals surface area contributed by atoms with Gasteiger partial charge in [0, 0.05) is 18.0 Å². The Bertz CT molecular complexity index is 718. The van der Waals surface area contributed by atoms with E-state index in [2.05, 4.69) is 10.3 Å². The fourth-order valence-corrected chi connectivity index (χ4v) is 2.16. The molecule has 0 aliphatic rings. The van der Waals surface area contributed by atoms with Gasteiger partial charge in [0.2, 0.25) is 0 Å². The van der Waals surface area contributed by atoms with Crippen LogP contribution in [0.2, 0.25) is 0 Å². The van der Waals surface area contributed by atoms with Gasteiger partial charge in [-0.3, -0.25) is 4.79 Å². The summed E-state index contributed by atoms with van der Waals surface area (Å²) in [7, 11) is 0. The molecular weight excluding hydrogens is 304 g/mol. The van der Waals surface area contributed by atoms with Crippen LogP contribution in [0.4, 0.5) is 14.5 Å². The van der Waals surface area contributed by atoms with Gasteiger partial charge < -0.3 is 16.2 Å². The normalized spacial score (nSPS) is 10.4. The molecule has 1 aromatic carbocycles. The number of aromatic nitrogens is 1. The first-order chi connectivity index (χ1) is 9.92. The van der Waals surface area contributed by atoms with Crippen LogP contribution >= 0.6 is 11.3 Å². The number of hydrogen-bond acceptors (Lipinski definition) is 5. The fraction of sp³-hybridized carbons (Fsp3) is 0.0833. The second-order valence-corrected chi connectivity index (χ2v) is 4.84. The average molecular weight is 313 g/mol. The molecule has 110 valence electrons. The van der Waals surface area contributed by atoms with E-state index in [0.29, 0.717) is 17.1 Å². The highest BCUT2D eigenvalue weighted by molar-refractivity contribution is 7.09. The smallest absolute Gasteiger partial charge is 0.338 e. The van der Waals surface area contributed by atoms with Crippen molar-refractivity contribution in [2.75, 3.05) is 5.32 Å². The number of nitrogens with two attached hydrogens (primary N) is 1. The van der Waals surface area contributed by atoms with Gasteiger partial charge in [-0.2, -0.15) is 0 Å². The minimum atomic E-state index is -1.57. The first-order valence-corrected chi connectivity index (χ1v) is 6.48. The van der Waals surface area contributed by atoms with E-state index in [9.17, 15) is 18.4 Å². The minimum absolute atomic E-state index is 0.0149. The van der Waals surface area contributed by atoms with Crippen LogP contribution in [0.25, 0.3) is 0 Å². The highest BCUT2D eigenvalue weighted by Gasteiger charge is 2.18. The summed E-state index contributed by atoms with van der Waals surface area (Å²) < 4.78 is 26.8. The van der Waals surface area contributed by atoms with Crippen LogP contribution in [0.15, 0.2) is 17.5 Å². The van der Waals surface area contributed by atoms with E-state index in [4.69, 9.17) is 10.8 Å². The van der Waals surface area contributed by atoms with Crippen LogP contribution in [0.3, 0.4) is 0 Å². The number of amides is 1. The molecule has 6 nitrogen and oxygen atoms in total. The second-order valence-electron chi connectivity index (χ2n) is 3.90. The van der Waals surface area contributed by atoms with E-state index in [1.165, 1.54) is 5.38 Å². The number of nitrogens with one attached hydrogen (secondary N) is 1. The standard InChI is InChI=1S/C12H9F2N3O3S/c13-6-2-7(14)8(1-5(6)12(19)20)17-11(18)9-4-21-10(3-15)16-9/h1-2,4H,3,15H2,(H,17,18)(H,19,20). The lowest BCUT2D eigenvalue weighted by Gasteiger charge is -2.07. The van der Waals surface area contributed by atoms with Crippen molar-refractivity contribution >= 4 is 28.9 Å². The number of carbonyl (C=O) groups excluding carboxylic acids is 1. The Labute approximate surface area is 121 Å². The second kappa shape index (κ2) is 5.94.